The molecule has 1 heterocycles. The Hall–Kier alpha value is -0.120. The van der Waals surface area contributed by atoms with Gasteiger partial charge in [0.05, 0.1) is 0 Å². The predicted molar refractivity (Wildman–Crippen MR) is 77.7 cm³/mol. The van der Waals surface area contributed by atoms with Gasteiger partial charge in [-0.3, -0.25) is 0 Å². The molecular formula is C15H31N3. The Balaban J connectivity index is 1.70. The second kappa shape index (κ2) is 7.46. The van der Waals surface area contributed by atoms with Gasteiger partial charge in [-0.2, -0.15) is 0 Å². The molecule has 0 aromatic carbocycles. The van der Waals surface area contributed by atoms with Crippen molar-refractivity contribution in [2.45, 2.75) is 76.4 Å². The van der Waals surface area contributed by atoms with Crippen molar-refractivity contribution in [2.75, 3.05) is 19.6 Å². The molecule has 1 saturated heterocycles. The Labute approximate surface area is 112 Å². The zero-order valence-corrected chi connectivity index (χ0v) is 12.0. The van der Waals surface area contributed by atoms with Crippen LogP contribution >= 0.6 is 0 Å². The summed E-state index contributed by atoms with van der Waals surface area (Å²) in [7, 11) is 0. The van der Waals surface area contributed by atoms with E-state index in [2.05, 4.69) is 17.1 Å². The lowest BCUT2D eigenvalue weighted by atomic mass is 9.91. The maximum absolute atomic E-state index is 5.97. The first-order valence-corrected chi connectivity index (χ1v) is 8.02. The molecule has 0 radical (unpaired) electrons. The largest absolute Gasteiger partial charge is 0.328 e. The molecule has 0 aromatic rings. The highest BCUT2D eigenvalue weighted by atomic mass is 15.1. The topological polar surface area (TPSA) is 41.3 Å². The van der Waals surface area contributed by atoms with E-state index in [4.69, 9.17) is 5.73 Å². The molecule has 0 bridgehead atoms. The van der Waals surface area contributed by atoms with Crippen LogP contribution in [0.3, 0.4) is 0 Å². The van der Waals surface area contributed by atoms with Crippen LogP contribution in [0.2, 0.25) is 0 Å². The molecule has 1 unspecified atom stereocenters. The Bertz CT molecular complexity index is 224. The van der Waals surface area contributed by atoms with Gasteiger partial charge in [0.1, 0.15) is 0 Å². The van der Waals surface area contributed by atoms with Crippen LogP contribution in [0, 0.1) is 0 Å². The summed E-state index contributed by atoms with van der Waals surface area (Å²) in [5, 5.41) is 3.90. The van der Waals surface area contributed by atoms with E-state index in [1.54, 1.807) is 0 Å². The number of hydrogen-bond donors (Lipinski definition) is 2. The van der Waals surface area contributed by atoms with E-state index < -0.39 is 0 Å². The smallest absolute Gasteiger partial charge is 0.00823 e. The Morgan fingerprint density at radius 3 is 2.44 bits per heavy atom. The van der Waals surface area contributed by atoms with E-state index in [9.17, 15) is 0 Å². The van der Waals surface area contributed by atoms with Crippen molar-refractivity contribution in [3.05, 3.63) is 0 Å². The normalized spacial score (nSPS) is 35.3. The first-order valence-electron chi connectivity index (χ1n) is 8.02. The molecule has 2 aliphatic rings. The van der Waals surface area contributed by atoms with Crippen LogP contribution in [0.25, 0.3) is 0 Å². The molecule has 1 saturated carbocycles. The summed E-state index contributed by atoms with van der Waals surface area (Å²) in [5.74, 6) is 0. The summed E-state index contributed by atoms with van der Waals surface area (Å²) in [6.45, 7) is 6.16. The molecular weight excluding hydrogens is 222 g/mol. The number of nitrogens with one attached hydrogen (secondary N) is 1. The quantitative estimate of drug-likeness (QED) is 0.806. The molecule has 0 amide bonds. The molecule has 0 spiro atoms. The fourth-order valence-electron chi connectivity index (χ4n) is 3.48. The number of rotatable bonds is 4. The summed E-state index contributed by atoms with van der Waals surface area (Å²) in [6.07, 6.45) is 10.4. The van der Waals surface area contributed by atoms with Gasteiger partial charge in [-0.1, -0.05) is 6.92 Å². The zero-order chi connectivity index (χ0) is 12.8. The van der Waals surface area contributed by atoms with Gasteiger partial charge in [-0.25, -0.2) is 0 Å². The first kappa shape index (κ1) is 14.3. The third-order valence-corrected chi connectivity index (χ3v) is 4.60. The average Bonchev–Trinajstić information content (AvgIpc) is 2.59. The Kier molecular flexibility index (Phi) is 5.93. The van der Waals surface area contributed by atoms with Crippen molar-refractivity contribution in [2.24, 2.45) is 5.73 Å². The van der Waals surface area contributed by atoms with Gasteiger partial charge in [0, 0.05) is 18.1 Å². The number of nitrogens with two attached hydrogens (primary N) is 1. The molecule has 106 valence electrons. The molecule has 3 heteroatoms. The van der Waals surface area contributed by atoms with E-state index >= 15 is 0 Å². The highest BCUT2D eigenvalue weighted by Gasteiger charge is 2.22. The molecule has 1 aliphatic carbocycles. The van der Waals surface area contributed by atoms with Gasteiger partial charge in [-0.15, -0.1) is 0 Å². The summed E-state index contributed by atoms with van der Waals surface area (Å²) in [4.78, 5) is 2.64. The third kappa shape index (κ3) is 4.52. The first-order chi connectivity index (χ1) is 8.78. The van der Waals surface area contributed by atoms with E-state index in [0.29, 0.717) is 6.04 Å². The SMILES string of the molecule is CCCN1CCCC(NC2CCC(N)CC2)CC1. The molecule has 3 nitrogen and oxygen atoms in total. The van der Waals surface area contributed by atoms with E-state index in [-0.39, 0.29) is 0 Å². The van der Waals surface area contributed by atoms with Crippen molar-refractivity contribution < 1.29 is 0 Å². The molecule has 1 aliphatic heterocycles. The zero-order valence-electron chi connectivity index (χ0n) is 12.0. The average molecular weight is 253 g/mol. The maximum Gasteiger partial charge on any atom is 0.00823 e. The van der Waals surface area contributed by atoms with Crippen molar-refractivity contribution in [1.82, 2.24) is 10.2 Å². The van der Waals surface area contributed by atoms with Crippen LogP contribution in [0.15, 0.2) is 0 Å². The Morgan fingerprint density at radius 2 is 1.72 bits per heavy atom. The highest BCUT2D eigenvalue weighted by molar-refractivity contribution is 4.83. The van der Waals surface area contributed by atoms with Crippen LogP contribution in [-0.2, 0) is 0 Å². The van der Waals surface area contributed by atoms with E-state index in [1.165, 1.54) is 71.0 Å². The fraction of sp³-hybridized carbons (Fsp3) is 1.00. The van der Waals surface area contributed by atoms with Gasteiger partial charge < -0.3 is 16.0 Å². The second-order valence-electron chi connectivity index (χ2n) is 6.25. The van der Waals surface area contributed by atoms with Crippen LogP contribution < -0.4 is 11.1 Å². The van der Waals surface area contributed by atoms with Gasteiger partial charge in [-0.05, 0) is 71.0 Å². The molecule has 3 N–H and O–H groups in total. The molecule has 0 aromatic heterocycles. The second-order valence-corrected chi connectivity index (χ2v) is 6.25. The predicted octanol–water partition coefficient (Wildman–Crippen LogP) is 2.11. The maximum atomic E-state index is 5.97. The summed E-state index contributed by atoms with van der Waals surface area (Å²) < 4.78 is 0. The molecule has 2 rings (SSSR count). The number of likely N-dealkylation sites (tertiary alicyclic amines) is 1. The Morgan fingerprint density at radius 1 is 1.00 bits per heavy atom. The lowest BCUT2D eigenvalue weighted by Crippen LogP contribution is -2.43. The van der Waals surface area contributed by atoms with Crippen LogP contribution in [0.5, 0.6) is 0 Å². The lowest BCUT2D eigenvalue weighted by Gasteiger charge is -2.30. The number of hydrogen-bond acceptors (Lipinski definition) is 3. The molecule has 18 heavy (non-hydrogen) atoms. The minimum Gasteiger partial charge on any atom is -0.328 e. The monoisotopic (exact) mass is 253 g/mol. The third-order valence-electron chi connectivity index (χ3n) is 4.60. The standard InChI is InChI=1S/C15H31N3/c1-2-10-18-11-3-4-14(9-12-18)17-15-7-5-13(16)6-8-15/h13-15,17H,2-12,16H2,1H3. The van der Waals surface area contributed by atoms with Crippen LogP contribution in [0.4, 0.5) is 0 Å². The van der Waals surface area contributed by atoms with Gasteiger partial charge in [0.25, 0.3) is 0 Å². The molecule has 1 atom stereocenters. The van der Waals surface area contributed by atoms with Crippen LogP contribution in [0.1, 0.15) is 58.3 Å². The lowest BCUT2D eigenvalue weighted by molar-refractivity contribution is 0.273. The summed E-state index contributed by atoms with van der Waals surface area (Å²) >= 11 is 0. The van der Waals surface area contributed by atoms with Gasteiger partial charge >= 0.3 is 0 Å². The van der Waals surface area contributed by atoms with Crippen molar-refractivity contribution in [1.29, 1.82) is 0 Å². The van der Waals surface area contributed by atoms with Gasteiger partial charge in [0.2, 0.25) is 0 Å². The number of nitrogens with zero attached hydrogens (tertiary/aromatic N) is 1. The fourth-order valence-corrected chi connectivity index (χ4v) is 3.48. The van der Waals surface area contributed by atoms with E-state index in [1.807, 2.05) is 0 Å². The van der Waals surface area contributed by atoms with E-state index in [0.717, 1.165) is 12.1 Å². The van der Waals surface area contributed by atoms with Gasteiger partial charge in [0.15, 0.2) is 0 Å². The summed E-state index contributed by atoms with van der Waals surface area (Å²) in [6, 6.07) is 1.97. The van der Waals surface area contributed by atoms with Crippen molar-refractivity contribution >= 4 is 0 Å². The van der Waals surface area contributed by atoms with Crippen molar-refractivity contribution in [3.8, 4) is 0 Å². The summed E-state index contributed by atoms with van der Waals surface area (Å²) in [5.41, 5.74) is 5.97. The minimum absolute atomic E-state index is 0.470. The molecule has 2 fully saturated rings. The minimum atomic E-state index is 0.470. The van der Waals surface area contributed by atoms with Crippen LogP contribution in [-0.4, -0.2) is 42.7 Å². The van der Waals surface area contributed by atoms with Crippen molar-refractivity contribution in [3.63, 3.8) is 0 Å². The highest BCUT2D eigenvalue weighted by Crippen LogP contribution is 2.20.